The number of benzene rings is 2. The summed E-state index contributed by atoms with van der Waals surface area (Å²) in [6.45, 7) is 0. The van der Waals surface area contributed by atoms with Crippen molar-refractivity contribution in [3.8, 4) is 22.9 Å². The van der Waals surface area contributed by atoms with Crippen LogP contribution in [-0.4, -0.2) is 38.2 Å². The molecule has 4 rings (SSSR count). The number of hydrogen-bond acceptors (Lipinski definition) is 7. The van der Waals surface area contributed by atoms with Gasteiger partial charge < -0.3 is 9.84 Å². The monoisotopic (exact) mass is 412 g/mol. The third kappa shape index (κ3) is 3.67. The number of rotatable bonds is 5. The van der Waals surface area contributed by atoms with E-state index in [1.807, 2.05) is 0 Å². The highest BCUT2D eigenvalue weighted by Crippen LogP contribution is 2.29. The molecule has 0 saturated heterocycles. The van der Waals surface area contributed by atoms with E-state index in [1.165, 1.54) is 36.0 Å². The van der Waals surface area contributed by atoms with E-state index >= 15 is 0 Å². The van der Waals surface area contributed by atoms with Crippen molar-refractivity contribution >= 4 is 29.3 Å². The molecule has 0 fully saturated rings. The number of nitrogens with one attached hydrogen (secondary N) is 1. The van der Waals surface area contributed by atoms with E-state index < -0.39 is 5.82 Å². The second-order valence-corrected chi connectivity index (χ2v) is 6.32. The molecule has 0 atom stereocenters. The van der Waals surface area contributed by atoms with Crippen LogP contribution in [0.4, 0.5) is 10.2 Å². The van der Waals surface area contributed by atoms with Gasteiger partial charge in [0.15, 0.2) is 28.8 Å². The van der Waals surface area contributed by atoms with Gasteiger partial charge in [0.2, 0.25) is 0 Å². The minimum absolute atomic E-state index is 0.0386. The van der Waals surface area contributed by atoms with E-state index in [2.05, 4.69) is 25.8 Å². The first-order chi connectivity index (χ1) is 14.1. The lowest BCUT2D eigenvalue weighted by Gasteiger charge is -2.05. The van der Waals surface area contributed by atoms with Gasteiger partial charge >= 0.3 is 0 Å². The van der Waals surface area contributed by atoms with Crippen LogP contribution < -0.4 is 10.2 Å². The van der Waals surface area contributed by atoms with E-state index in [0.29, 0.717) is 22.8 Å². The van der Waals surface area contributed by atoms with E-state index in [0.717, 1.165) is 0 Å². The number of aromatic hydroxyl groups is 1. The number of methoxy groups -OCH3 is 1. The van der Waals surface area contributed by atoms with Crippen molar-refractivity contribution in [1.29, 1.82) is 0 Å². The average molecular weight is 413 g/mol. The predicted octanol–water partition coefficient (Wildman–Crippen LogP) is 3.74. The lowest BCUT2D eigenvalue weighted by Crippen LogP contribution is -2.01. The Morgan fingerprint density at radius 1 is 1.21 bits per heavy atom. The highest BCUT2D eigenvalue weighted by atomic mass is 35.5. The SMILES string of the molecule is COc1cc(/C=N/Nc2ccc3nnc(-c4c(F)cccc4Cl)n3n2)ccc1O. The van der Waals surface area contributed by atoms with E-state index in [1.54, 1.807) is 30.3 Å². The second kappa shape index (κ2) is 7.72. The number of anilines is 1. The zero-order valence-corrected chi connectivity index (χ0v) is 15.8. The Morgan fingerprint density at radius 3 is 2.86 bits per heavy atom. The van der Waals surface area contributed by atoms with Gasteiger partial charge in [-0.1, -0.05) is 17.7 Å². The molecule has 4 aromatic rings. The van der Waals surface area contributed by atoms with E-state index in [4.69, 9.17) is 16.3 Å². The zero-order valence-electron chi connectivity index (χ0n) is 15.0. The average Bonchev–Trinajstić information content (AvgIpc) is 3.12. The van der Waals surface area contributed by atoms with Crippen molar-refractivity contribution in [3.05, 3.63) is 64.9 Å². The first-order valence-electron chi connectivity index (χ1n) is 8.40. The lowest BCUT2D eigenvalue weighted by atomic mass is 10.2. The van der Waals surface area contributed by atoms with Gasteiger partial charge in [-0.3, -0.25) is 5.43 Å². The van der Waals surface area contributed by atoms with Crippen molar-refractivity contribution in [2.45, 2.75) is 0 Å². The second-order valence-electron chi connectivity index (χ2n) is 5.91. The van der Waals surface area contributed by atoms with Gasteiger partial charge in [-0.05, 0) is 48.0 Å². The number of ether oxygens (including phenoxy) is 1. The first kappa shape index (κ1) is 18.6. The molecular formula is C19H14ClFN6O2. The summed E-state index contributed by atoms with van der Waals surface area (Å²) in [6.07, 6.45) is 1.54. The summed E-state index contributed by atoms with van der Waals surface area (Å²) in [5, 5.41) is 26.3. The number of hydrazone groups is 1. The van der Waals surface area contributed by atoms with Crippen LogP contribution in [0.2, 0.25) is 5.02 Å². The molecular weight excluding hydrogens is 399 g/mol. The van der Waals surface area contributed by atoms with Gasteiger partial charge in [0, 0.05) is 0 Å². The Labute approximate surface area is 169 Å². The summed E-state index contributed by atoms with van der Waals surface area (Å²) in [7, 11) is 1.46. The van der Waals surface area contributed by atoms with Crippen molar-refractivity contribution in [1.82, 2.24) is 19.8 Å². The fourth-order valence-corrected chi connectivity index (χ4v) is 2.91. The lowest BCUT2D eigenvalue weighted by molar-refractivity contribution is 0.373. The van der Waals surface area contributed by atoms with Gasteiger partial charge in [0.1, 0.15) is 5.82 Å². The molecule has 0 saturated carbocycles. The fourth-order valence-electron chi connectivity index (χ4n) is 2.66. The van der Waals surface area contributed by atoms with Crippen molar-refractivity contribution in [2.24, 2.45) is 5.10 Å². The standard InChI is InChI=1S/C19H14ClFN6O2/c1-29-15-9-11(5-6-14(15)28)10-22-23-16-7-8-17-24-25-19(27(17)26-16)18-12(20)3-2-4-13(18)21/h2-10,28H,1H3,(H,23,26)/b22-10+. The molecule has 2 aromatic heterocycles. The molecule has 8 nitrogen and oxygen atoms in total. The molecule has 0 aliphatic rings. The number of halogens is 2. The molecule has 2 aromatic carbocycles. The summed E-state index contributed by atoms with van der Waals surface area (Å²) < 4.78 is 20.7. The Balaban J connectivity index is 1.63. The van der Waals surface area contributed by atoms with Crippen LogP contribution in [0.15, 0.2) is 53.6 Å². The Hall–Kier alpha value is -3.72. The summed E-state index contributed by atoms with van der Waals surface area (Å²) >= 11 is 6.13. The minimum Gasteiger partial charge on any atom is -0.504 e. The molecule has 0 aliphatic carbocycles. The first-order valence-corrected chi connectivity index (χ1v) is 8.77. The summed E-state index contributed by atoms with van der Waals surface area (Å²) in [5.74, 6) is 0.416. The summed E-state index contributed by atoms with van der Waals surface area (Å²) in [5.41, 5.74) is 4.04. The molecule has 0 spiro atoms. The topological polar surface area (TPSA) is 96.9 Å². The van der Waals surface area contributed by atoms with Gasteiger partial charge in [-0.25, -0.2) is 4.39 Å². The van der Waals surface area contributed by atoms with Gasteiger partial charge in [-0.15, -0.1) is 15.3 Å². The van der Waals surface area contributed by atoms with Crippen molar-refractivity contribution in [3.63, 3.8) is 0 Å². The number of nitrogens with zero attached hydrogens (tertiary/aromatic N) is 5. The maximum Gasteiger partial charge on any atom is 0.189 e. The minimum atomic E-state index is -0.522. The molecule has 0 amide bonds. The largest absolute Gasteiger partial charge is 0.504 e. The molecule has 0 unspecified atom stereocenters. The van der Waals surface area contributed by atoms with Crippen LogP contribution in [0.25, 0.3) is 17.0 Å². The van der Waals surface area contributed by atoms with Gasteiger partial charge in [0.25, 0.3) is 0 Å². The Bertz CT molecular complexity index is 1210. The predicted molar refractivity (Wildman–Crippen MR) is 107 cm³/mol. The molecule has 29 heavy (non-hydrogen) atoms. The summed E-state index contributed by atoms with van der Waals surface area (Å²) in [4.78, 5) is 0. The molecule has 0 bridgehead atoms. The third-order valence-electron chi connectivity index (χ3n) is 4.05. The van der Waals surface area contributed by atoms with E-state index in [-0.39, 0.29) is 22.2 Å². The number of phenols is 1. The number of phenolic OH excluding ortho intramolecular Hbond substituents is 1. The molecule has 0 aliphatic heterocycles. The highest BCUT2D eigenvalue weighted by molar-refractivity contribution is 6.33. The third-order valence-corrected chi connectivity index (χ3v) is 4.36. The van der Waals surface area contributed by atoms with Crippen LogP contribution in [0, 0.1) is 5.82 Å². The van der Waals surface area contributed by atoms with E-state index in [9.17, 15) is 9.50 Å². The normalized spacial score (nSPS) is 11.3. The molecule has 146 valence electrons. The number of fused-ring (bicyclic) bond motifs is 1. The quantitative estimate of drug-likeness (QED) is 0.383. The maximum atomic E-state index is 14.3. The van der Waals surface area contributed by atoms with Gasteiger partial charge in [0.05, 0.1) is 23.9 Å². The molecule has 2 N–H and O–H groups in total. The molecule has 0 radical (unpaired) electrons. The number of hydrogen-bond donors (Lipinski definition) is 2. The summed E-state index contributed by atoms with van der Waals surface area (Å²) in [6, 6.07) is 12.5. The Morgan fingerprint density at radius 2 is 2.07 bits per heavy atom. The van der Waals surface area contributed by atoms with Crippen LogP contribution in [0.5, 0.6) is 11.5 Å². The zero-order chi connectivity index (χ0) is 20.4. The highest BCUT2D eigenvalue weighted by Gasteiger charge is 2.17. The van der Waals surface area contributed by atoms with Crippen molar-refractivity contribution < 1.29 is 14.2 Å². The van der Waals surface area contributed by atoms with Gasteiger partial charge in [-0.2, -0.15) is 9.62 Å². The maximum absolute atomic E-state index is 14.3. The van der Waals surface area contributed by atoms with Crippen LogP contribution in [0.3, 0.4) is 0 Å². The van der Waals surface area contributed by atoms with Crippen molar-refractivity contribution in [2.75, 3.05) is 12.5 Å². The molecule has 2 heterocycles. The molecule has 10 heteroatoms. The smallest absolute Gasteiger partial charge is 0.189 e. The van der Waals surface area contributed by atoms with Crippen LogP contribution in [-0.2, 0) is 0 Å². The number of aromatic nitrogens is 4. The van der Waals surface area contributed by atoms with Crippen LogP contribution in [0.1, 0.15) is 5.56 Å². The Kier molecular flexibility index (Phi) is 4.96. The fraction of sp³-hybridized carbons (Fsp3) is 0.0526. The van der Waals surface area contributed by atoms with Crippen LogP contribution >= 0.6 is 11.6 Å².